The number of aliphatic hydroxyl groups excluding tert-OH is 1. The highest BCUT2D eigenvalue weighted by atomic mass is 16.6. The average molecular weight is 348 g/mol. The van der Waals surface area contributed by atoms with Gasteiger partial charge < -0.3 is 14.6 Å². The van der Waals surface area contributed by atoms with E-state index in [1.54, 1.807) is 13.8 Å². The number of carbonyl (C=O) groups is 2. The summed E-state index contributed by atoms with van der Waals surface area (Å²) in [6.07, 6.45) is 3.54. The Morgan fingerprint density at radius 1 is 1.00 bits per heavy atom. The van der Waals surface area contributed by atoms with Crippen molar-refractivity contribution in [3.8, 4) is 0 Å². The van der Waals surface area contributed by atoms with Gasteiger partial charge in [-0.1, -0.05) is 25.5 Å². The SMILES string of the molecule is CCCCc1cc2c(cc1CO)CC(C(=O)OCC)(C(=O)OCC)C2. The molecule has 1 aromatic rings. The zero-order chi connectivity index (χ0) is 18.4. The number of unbranched alkanes of at least 4 members (excludes halogenated alkanes) is 1. The highest BCUT2D eigenvalue weighted by Gasteiger charge is 2.53. The number of ether oxygens (including phenoxy) is 2. The highest BCUT2D eigenvalue weighted by Crippen LogP contribution is 2.41. The smallest absolute Gasteiger partial charge is 0.324 e. The molecule has 5 nitrogen and oxygen atoms in total. The molecule has 0 radical (unpaired) electrons. The summed E-state index contributed by atoms with van der Waals surface area (Å²) in [5.74, 6) is -1.05. The Kier molecular flexibility index (Phi) is 6.59. The summed E-state index contributed by atoms with van der Waals surface area (Å²) in [4.78, 5) is 25.2. The van der Waals surface area contributed by atoms with Crippen LogP contribution in [0.3, 0.4) is 0 Å². The van der Waals surface area contributed by atoms with Crippen LogP contribution in [-0.2, 0) is 44.9 Å². The van der Waals surface area contributed by atoms with Crippen molar-refractivity contribution in [3.63, 3.8) is 0 Å². The van der Waals surface area contributed by atoms with E-state index in [9.17, 15) is 14.7 Å². The third-order valence-electron chi connectivity index (χ3n) is 4.81. The number of benzene rings is 1. The van der Waals surface area contributed by atoms with E-state index in [2.05, 4.69) is 6.92 Å². The van der Waals surface area contributed by atoms with Gasteiger partial charge in [-0.05, 0) is 61.8 Å². The second-order valence-corrected chi connectivity index (χ2v) is 6.53. The molecule has 0 spiro atoms. The van der Waals surface area contributed by atoms with Gasteiger partial charge in [0.05, 0.1) is 19.8 Å². The molecule has 0 unspecified atom stereocenters. The first-order valence-electron chi connectivity index (χ1n) is 9.11. The normalized spacial score (nSPS) is 14.9. The van der Waals surface area contributed by atoms with E-state index in [0.29, 0.717) is 6.42 Å². The van der Waals surface area contributed by atoms with E-state index in [1.807, 2.05) is 12.1 Å². The predicted molar refractivity (Wildman–Crippen MR) is 94.1 cm³/mol. The van der Waals surface area contributed by atoms with E-state index < -0.39 is 17.4 Å². The Bertz CT molecular complexity index is 617. The molecule has 0 atom stereocenters. The monoisotopic (exact) mass is 348 g/mol. The third kappa shape index (κ3) is 3.87. The Morgan fingerprint density at radius 3 is 1.96 bits per heavy atom. The van der Waals surface area contributed by atoms with Gasteiger partial charge in [-0.25, -0.2) is 0 Å². The molecule has 1 aromatic carbocycles. The van der Waals surface area contributed by atoms with E-state index in [-0.39, 0.29) is 26.2 Å². The predicted octanol–water partition coefficient (Wildman–Crippen LogP) is 2.73. The lowest BCUT2D eigenvalue weighted by atomic mass is 9.84. The van der Waals surface area contributed by atoms with Crippen LogP contribution in [0.5, 0.6) is 0 Å². The molecule has 0 aliphatic heterocycles. The van der Waals surface area contributed by atoms with Gasteiger partial charge in [-0.2, -0.15) is 0 Å². The summed E-state index contributed by atoms with van der Waals surface area (Å²) < 4.78 is 10.4. The number of carbonyl (C=O) groups excluding carboxylic acids is 2. The summed E-state index contributed by atoms with van der Waals surface area (Å²) in [6.45, 7) is 5.98. The molecular weight excluding hydrogens is 320 g/mol. The molecule has 1 aliphatic carbocycles. The Labute approximate surface area is 149 Å². The van der Waals surface area contributed by atoms with E-state index in [0.717, 1.165) is 41.5 Å². The minimum absolute atomic E-state index is 0.0435. The molecule has 1 aliphatic rings. The lowest BCUT2D eigenvalue weighted by Crippen LogP contribution is -2.43. The lowest BCUT2D eigenvalue weighted by molar-refractivity contribution is -0.171. The number of esters is 2. The summed E-state index contributed by atoms with van der Waals surface area (Å²) in [5.41, 5.74) is 2.56. The molecule has 0 aromatic heterocycles. The zero-order valence-electron chi connectivity index (χ0n) is 15.4. The third-order valence-corrected chi connectivity index (χ3v) is 4.81. The van der Waals surface area contributed by atoms with Gasteiger partial charge in [0.2, 0.25) is 0 Å². The van der Waals surface area contributed by atoms with Gasteiger partial charge in [-0.3, -0.25) is 9.59 Å². The van der Waals surface area contributed by atoms with E-state index in [4.69, 9.17) is 9.47 Å². The van der Waals surface area contributed by atoms with Crippen molar-refractivity contribution in [1.29, 1.82) is 0 Å². The molecule has 5 heteroatoms. The lowest BCUT2D eigenvalue weighted by Gasteiger charge is -2.23. The van der Waals surface area contributed by atoms with Crippen LogP contribution in [0.1, 0.15) is 55.9 Å². The van der Waals surface area contributed by atoms with Gasteiger partial charge >= 0.3 is 11.9 Å². The van der Waals surface area contributed by atoms with Crippen LogP contribution < -0.4 is 0 Å². The fourth-order valence-electron chi connectivity index (χ4n) is 3.49. The number of fused-ring (bicyclic) bond motifs is 1. The minimum Gasteiger partial charge on any atom is -0.465 e. The van der Waals surface area contributed by atoms with Crippen molar-refractivity contribution in [3.05, 3.63) is 34.4 Å². The molecular formula is C20H28O5. The maximum absolute atomic E-state index is 12.6. The first-order chi connectivity index (χ1) is 12.0. The molecule has 0 saturated heterocycles. The average Bonchev–Trinajstić information content (AvgIpc) is 2.99. The molecule has 0 heterocycles. The number of hydrogen-bond donors (Lipinski definition) is 1. The summed E-state index contributed by atoms with van der Waals surface area (Å²) in [5, 5.41) is 9.68. The zero-order valence-corrected chi connectivity index (χ0v) is 15.4. The summed E-state index contributed by atoms with van der Waals surface area (Å²) >= 11 is 0. The molecule has 0 bridgehead atoms. The van der Waals surface area contributed by atoms with E-state index >= 15 is 0 Å². The van der Waals surface area contributed by atoms with Gasteiger partial charge in [0.25, 0.3) is 0 Å². The summed E-state index contributed by atoms with van der Waals surface area (Å²) in [7, 11) is 0. The maximum atomic E-state index is 12.6. The van der Waals surface area contributed by atoms with Gasteiger partial charge in [0, 0.05) is 0 Å². The van der Waals surface area contributed by atoms with Crippen LogP contribution in [0.15, 0.2) is 12.1 Å². The topological polar surface area (TPSA) is 72.8 Å². The molecule has 0 amide bonds. The fraction of sp³-hybridized carbons (Fsp3) is 0.600. The molecule has 25 heavy (non-hydrogen) atoms. The molecule has 1 N–H and O–H groups in total. The van der Waals surface area contributed by atoms with Gasteiger partial charge in [0.1, 0.15) is 0 Å². The molecule has 2 rings (SSSR count). The first kappa shape index (κ1) is 19.4. The van der Waals surface area contributed by atoms with Crippen molar-refractivity contribution in [2.45, 2.75) is 59.5 Å². The fourth-order valence-corrected chi connectivity index (χ4v) is 3.49. The quantitative estimate of drug-likeness (QED) is 0.578. The van der Waals surface area contributed by atoms with Crippen molar-refractivity contribution >= 4 is 11.9 Å². The number of hydrogen-bond acceptors (Lipinski definition) is 5. The number of rotatable bonds is 8. The molecule has 0 fully saturated rings. The van der Waals surface area contributed by atoms with Crippen molar-refractivity contribution in [1.82, 2.24) is 0 Å². The van der Waals surface area contributed by atoms with Crippen LogP contribution in [-0.4, -0.2) is 30.3 Å². The molecule has 0 saturated carbocycles. The minimum atomic E-state index is -1.30. The van der Waals surface area contributed by atoms with Crippen LogP contribution in [0.25, 0.3) is 0 Å². The van der Waals surface area contributed by atoms with Crippen LogP contribution in [0, 0.1) is 5.41 Å². The highest BCUT2D eigenvalue weighted by molar-refractivity contribution is 6.01. The van der Waals surface area contributed by atoms with Crippen molar-refractivity contribution in [2.75, 3.05) is 13.2 Å². The Hall–Kier alpha value is -1.88. The molecule has 138 valence electrons. The second-order valence-electron chi connectivity index (χ2n) is 6.53. The number of aryl methyl sites for hydroxylation is 1. The second kappa shape index (κ2) is 8.48. The Morgan fingerprint density at radius 2 is 1.52 bits per heavy atom. The standard InChI is InChI=1S/C20H28O5/c1-4-7-8-14-9-15-11-20(18(22)24-5-2,19(23)25-6-3)12-16(15)10-17(14)13-21/h9-10,21H,4-8,11-13H2,1-3H3. The van der Waals surface area contributed by atoms with E-state index in [1.165, 1.54) is 0 Å². The summed E-state index contributed by atoms with van der Waals surface area (Å²) in [6, 6.07) is 3.97. The number of aliphatic hydroxyl groups is 1. The van der Waals surface area contributed by atoms with Crippen molar-refractivity contribution < 1.29 is 24.2 Å². The van der Waals surface area contributed by atoms with Crippen LogP contribution in [0.4, 0.5) is 0 Å². The van der Waals surface area contributed by atoms with Crippen molar-refractivity contribution in [2.24, 2.45) is 5.41 Å². The maximum Gasteiger partial charge on any atom is 0.324 e. The van der Waals surface area contributed by atoms with Gasteiger partial charge in [0.15, 0.2) is 5.41 Å². The Balaban J connectivity index is 2.40. The largest absolute Gasteiger partial charge is 0.465 e. The first-order valence-corrected chi connectivity index (χ1v) is 9.11. The van der Waals surface area contributed by atoms with Crippen LogP contribution in [0.2, 0.25) is 0 Å². The van der Waals surface area contributed by atoms with Crippen LogP contribution >= 0.6 is 0 Å². The van der Waals surface area contributed by atoms with Gasteiger partial charge in [-0.15, -0.1) is 0 Å².